The van der Waals surface area contributed by atoms with Gasteiger partial charge in [-0.1, -0.05) is 0 Å². The van der Waals surface area contributed by atoms with E-state index < -0.39 is 0 Å². The molecule has 1 N–H and O–H groups in total. The first kappa shape index (κ1) is 14.8. The fraction of sp³-hybridized carbons (Fsp3) is 0.375. The molecule has 3 aromatic rings. The second-order valence-corrected chi connectivity index (χ2v) is 5.82. The number of pyridine rings is 1. The Kier molecular flexibility index (Phi) is 3.73. The Morgan fingerprint density at radius 1 is 1.25 bits per heavy atom. The molecular weight excluding hydrogens is 308 g/mol. The van der Waals surface area contributed by atoms with Gasteiger partial charge < -0.3 is 19.3 Å². The number of nitrogens with zero attached hydrogens (tertiary/aromatic N) is 6. The minimum Gasteiger partial charge on any atom is -0.423 e. The molecule has 1 unspecified atom stereocenters. The second kappa shape index (κ2) is 6.04. The number of piperazine rings is 1. The van der Waals surface area contributed by atoms with Gasteiger partial charge in [0, 0.05) is 44.1 Å². The van der Waals surface area contributed by atoms with Gasteiger partial charge in [0.1, 0.15) is 17.9 Å². The number of hydrogen-bond donors (Lipinski definition) is 1. The number of rotatable bonds is 3. The van der Waals surface area contributed by atoms with Crippen LogP contribution >= 0.6 is 0 Å². The zero-order valence-corrected chi connectivity index (χ0v) is 13.3. The van der Waals surface area contributed by atoms with Gasteiger partial charge in [-0.15, -0.1) is 0 Å². The van der Waals surface area contributed by atoms with E-state index in [0.717, 1.165) is 36.6 Å². The molecule has 4 heterocycles. The van der Waals surface area contributed by atoms with Gasteiger partial charge in [-0.05, 0) is 13.0 Å². The van der Waals surface area contributed by atoms with Gasteiger partial charge in [0.15, 0.2) is 11.4 Å². The Morgan fingerprint density at radius 3 is 2.96 bits per heavy atom. The lowest BCUT2D eigenvalue weighted by Gasteiger charge is -2.39. The maximum absolute atomic E-state index is 9.19. The highest BCUT2D eigenvalue weighted by atomic mass is 16.4. The van der Waals surface area contributed by atoms with Crippen LogP contribution in [-0.4, -0.2) is 50.7 Å². The lowest BCUT2D eigenvalue weighted by Crippen LogP contribution is -2.52. The molecule has 0 radical (unpaired) electrons. The van der Waals surface area contributed by atoms with E-state index >= 15 is 0 Å². The molecule has 1 fully saturated rings. The Hall–Kier alpha value is -2.74. The molecule has 0 amide bonds. The molecule has 0 aliphatic carbocycles. The predicted molar refractivity (Wildman–Crippen MR) is 88.8 cm³/mol. The second-order valence-electron chi connectivity index (χ2n) is 5.82. The number of anilines is 2. The van der Waals surface area contributed by atoms with E-state index in [-0.39, 0.29) is 12.6 Å². The van der Waals surface area contributed by atoms with Crippen molar-refractivity contribution in [3.05, 3.63) is 36.5 Å². The average Bonchev–Trinajstić information content (AvgIpc) is 3.05. The molecule has 4 rings (SSSR count). The molecule has 8 nitrogen and oxygen atoms in total. The van der Waals surface area contributed by atoms with E-state index in [9.17, 15) is 5.11 Å². The number of aliphatic hydroxyl groups excluding tert-OH is 1. The minimum absolute atomic E-state index is 0.152. The number of aliphatic hydroxyl groups is 1. The smallest absolute Gasteiger partial charge is 0.298 e. The van der Waals surface area contributed by atoms with Crippen LogP contribution in [-0.2, 0) is 6.61 Å². The molecule has 8 heteroatoms. The third-order valence-corrected chi connectivity index (χ3v) is 4.21. The molecule has 0 saturated carbocycles. The molecule has 0 bridgehead atoms. The third kappa shape index (κ3) is 2.65. The summed E-state index contributed by atoms with van der Waals surface area (Å²) < 4.78 is 5.85. The Bertz CT molecular complexity index is 818. The highest BCUT2D eigenvalue weighted by Crippen LogP contribution is 2.25. The van der Waals surface area contributed by atoms with E-state index in [0.29, 0.717) is 11.8 Å². The molecular formula is C16H18N6O2. The summed E-state index contributed by atoms with van der Waals surface area (Å²) >= 11 is 0. The first-order chi connectivity index (χ1) is 11.7. The predicted octanol–water partition coefficient (Wildman–Crippen LogP) is 1.22. The van der Waals surface area contributed by atoms with Crippen LogP contribution in [0.25, 0.3) is 11.1 Å². The summed E-state index contributed by atoms with van der Waals surface area (Å²) in [5, 5.41) is 9.19. The van der Waals surface area contributed by atoms with Crippen molar-refractivity contribution in [2.75, 3.05) is 29.4 Å². The van der Waals surface area contributed by atoms with Gasteiger partial charge in [-0.2, -0.15) is 4.98 Å². The van der Waals surface area contributed by atoms with Crippen molar-refractivity contribution >= 4 is 22.9 Å². The van der Waals surface area contributed by atoms with Gasteiger partial charge in [0.05, 0.1) is 6.20 Å². The van der Waals surface area contributed by atoms with E-state index in [1.54, 1.807) is 18.6 Å². The van der Waals surface area contributed by atoms with Crippen LogP contribution in [0, 0.1) is 0 Å². The van der Waals surface area contributed by atoms with Crippen molar-refractivity contribution in [2.24, 2.45) is 0 Å². The lowest BCUT2D eigenvalue weighted by molar-refractivity contribution is 0.271. The van der Waals surface area contributed by atoms with Gasteiger partial charge in [-0.3, -0.25) is 4.98 Å². The van der Waals surface area contributed by atoms with Crippen molar-refractivity contribution in [1.82, 2.24) is 19.9 Å². The average molecular weight is 326 g/mol. The standard InChI is InChI=1S/C16H18N6O2/c1-11-9-21(15-3-5-18-14(10-23)20-15)6-7-22(11)16-19-12-8-17-4-2-13(12)24-16/h2-5,8,11,23H,6-7,9-10H2,1H3. The van der Waals surface area contributed by atoms with Gasteiger partial charge in [0.2, 0.25) is 0 Å². The highest BCUT2D eigenvalue weighted by Gasteiger charge is 2.28. The first-order valence-corrected chi connectivity index (χ1v) is 7.89. The summed E-state index contributed by atoms with van der Waals surface area (Å²) in [5.74, 6) is 1.27. The summed E-state index contributed by atoms with van der Waals surface area (Å²) in [4.78, 5) is 21.4. The van der Waals surface area contributed by atoms with Crippen LogP contribution in [0.2, 0.25) is 0 Å². The summed E-state index contributed by atoms with van der Waals surface area (Å²) in [5.41, 5.74) is 1.52. The number of fused-ring (bicyclic) bond motifs is 1. The van der Waals surface area contributed by atoms with Crippen molar-refractivity contribution in [1.29, 1.82) is 0 Å². The highest BCUT2D eigenvalue weighted by molar-refractivity contribution is 5.73. The lowest BCUT2D eigenvalue weighted by atomic mass is 10.2. The van der Waals surface area contributed by atoms with E-state index in [4.69, 9.17) is 4.42 Å². The molecule has 3 aromatic heterocycles. The summed E-state index contributed by atoms with van der Waals surface area (Å²) in [6.45, 7) is 4.34. The molecule has 124 valence electrons. The topological polar surface area (TPSA) is 91.4 Å². The molecule has 24 heavy (non-hydrogen) atoms. The molecule has 1 saturated heterocycles. The van der Waals surface area contributed by atoms with Crippen molar-refractivity contribution in [3.63, 3.8) is 0 Å². The van der Waals surface area contributed by atoms with E-state index in [1.165, 1.54) is 0 Å². The van der Waals surface area contributed by atoms with Crippen LogP contribution in [0.4, 0.5) is 11.8 Å². The van der Waals surface area contributed by atoms with Crippen LogP contribution < -0.4 is 9.80 Å². The monoisotopic (exact) mass is 326 g/mol. The molecule has 1 aliphatic rings. The summed E-state index contributed by atoms with van der Waals surface area (Å²) in [6, 6.07) is 4.53. The quantitative estimate of drug-likeness (QED) is 0.768. The fourth-order valence-corrected chi connectivity index (χ4v) is 2.98. The summed E-state index contributed by atoms with van der Waals surface area (Å²) in [6.07, 6.45) is 5.09. The van der Waals surface area contributed by atoms with Crippen LogP contribution in [0.15, 0.2) is 35.1 Å². The molecule has 0 spiro atoms. The molecule has 0 aromatic carbocycles. The van der Waals surface area contributed by atoms with Crippen molar-refractivity contribution in [2.45, 2.75) is 19.6 Å². The Labute approximate surface area is 138 Å². The number of aromatic nitrogens is 4. The normalized spacial score (nSPS) is 18.3. The summed E-state index contributed by atoms with van der Waals surface area (Å²) in [7, 11) is 0. The maximum atomic E-state index is 9.19. The number of hydrogen-bond acceptors (Lipinski definition) is 8. The third-order valence-electron chi connectivity index (χ3n) is 4.21. The first-order valence-electron chi connectivity index (χ1n) is 7.89. The number of oxazole rings is 1. The van der Waals surface area contributed by atoms with Gasteiger partial charge in [-0.25, -0.2) is 9.97 Å². The fourth-order valence-electron chi connectivity index (χ4n) is 2.98. The van der Waals surface area contributed by atoms with E-state index in [1.807, 2.05) is 12.1 Å². The SMILES string of the molecule is CC1CN(c2ccnc(CO)n2)CCN1c1nc2cnccc2o1. The van der Waals surface area contributed by atoms with Crippen LogP contribution in [0.1, 0.15) is 12.7 Å². The largest absolute Gasteiger partial charge is 0.423 e. The van der Waals surface area contributed by atoms with Crippen LogP contribution in [0.3, 0.4) is 0 Å². The van der Waals surface area contributed by atoms with Gasteiger partial charge >= 0.3 is 0 Å². The zero-order valence-electron chi connectivity index (χ0n) is 13.3. The minimum atomic E-state index is -0.152. The van der Waals surface area contributed by atoms with Crippen LogP contribution in [0.5, 0.6) is 0 Å². The van der Waals surface area contributed by atoms with Gasteiger partial charge in [0.25, 0.3) is 6.01 Å². The van der Waals surface area contributed by atoms with E-state index in [2.05, 4.69) is 36.7 Å². The van der Waals surface area contributed by atoms with Crippen molar-refractivity contribution < 1.29 is 9.52 Å². The molecule has 1 aliphatic heterocycles. The zero-order chi connectivity index (χ0) is 16.5. The Balaban J connectivity index is 1.53. The Morgan fingerprint density at radius 2 is 2.17 bits per heavy atom. The van der Waals surface area contributed by atoms with Crippen molar-refractivity contribution in [3.8, 4) is 0 Å². The maximum Gasteiger partial charge on any atom is 0.298 e. The molecule has 1 atom stereocenters.